The molecule has 3 rings (SSSR count). The van der Waals surface area contributed by atoms with E-state index in [-0.39, 0.29) is 17.5 Å². The van der Waals surface area contributed by atoms with E-state index in [0.717, 1.165) is 49.8 Å². The lowest BCUT2D eigenvalue weighted by Gasteiger charge is -2.38. The van der Waals surface area contributed by atoms with E-state index in [1.807, 2.05) is 6.07 Å². The summed E-state index contributed by atoms with van der Waals surface area (Å²) in [5.74, 6) is 1.11. The van der Waals surface area contributed by atoms with Crippen LogP contribution < -0.4 is 11.1 Å². The van der Waals surface area contributed by atoms with Crippen LogP contribution >= 0.6 is 0 Å². The Morgan fingerprint density at radius 1 is 1.50 bits per heavy atom. The van der Waals surface area contributed by atoms with Crippen LogP contribution in [0.2, 0.25) is 0 Å². The van der Waals surface area contributed by atoms with Crippen LogP contribution in [0.5, 0.6) is 0 Å². The highest BCUT2D eigenvalue weighted by atomic mass is 16.3. The first-order valence-electron chi connectivity index (χ1n) is 6.81. The maximum Gasteiger partial charge on any atom is 0.222 e. The average molecular weight is 248 g/mol. The average Bonchev–Trinajstić information content (AvgIpc) is 2.76. The van der Waals surface area contributed by atoms with Crippen molar-refractivity contribution in [3.63, 3.8) is 0 Å². The summed E-state index contributed by atoms with van der Waals surface area (Å²) < 4.78 is 5.43. The van der Waals surface area contributed by atoms with Gasteiger partial charge in [-0.05, 0) is 38.2 Å². The molecule has 2 aliphatic carbocycles. The second kappa shape index (κ2) is 4.43. The first-order chi connectivity index (χ1) is 8.66. The summed E-state index contributed by atoms with van der Waals surface area (Å²) in [7, 11) is 0. The highest BCUT2D eigenvalue weighted by Gasteiger charge is 2.35. The van der Waals surface area contributed by atoms with Gasteiger partial charge in [0.2, 0.25) is 5.91 Å². The Morgan fingerprint density at radius 3 is 3.06 bits per heavy atom. The zero-order valence-electron chi connectivity index (χ0n) is 10.6. The molecule has 0 spiro atoms. The lowest BCUT2D eigenvalue weighted by Crippen LogP contribution is -2.50. The molecule has 0 aliphatic heterocycles. The summed E-state index contributed by atoms with van der Waals surface area (Å²) in [4.78, 5) is 12.0. The van der Waals surface area contributed by atoms with Crippen LogP contribution in [0.25, 0.3) is 0 Å². The molecule has 0 saturated heterocycles. The zero-order chi connectivity index (χ0) is 12.6. The number of aryl methyl sites for hydroxylation is 1. The molecule has 1 amide bonds. The van der Waals surface area contributed by atoms with Gasteiger partial charge in [0.25, 0.3) is 0 Å². The number of hydrogen-bond acceptors (Lipinski definition) is 3. The second-order valence-corrected chi connectivity index (χ2v) is 5.70. The van der Waals surface area contributed by atoms with Gasteiger partial charge in [0, 0.05) is 23.9 Å². The third kappa shape index (κ3) is 2.17. The molecule has 98 valence electrons. The molecule has 1 saturated carbocycles. The van der Waals surface area contributed by atoms with Crippen LogP contribution in [-0.4, -0.2) is 11.4 Å². The minimum Gasteiger partial charge on any atom is -0.469 e. The maximum atomic E-state index is 12.0. The first-order valence-corrected chi connectivity index (χ1v) is 6.81. The van der Waals surface area contributed by atoms with Gasteiger partial charge in [0.15, 0.2) is 0 Å². The highest BCUT2D eigenvalue weighted by molar-refractivity contribution is 5.78. The fourth-order valence-corrected chi connectivity index (χ4v) is 3.01. The van der Waals surface area contributed by atoms with Crippen molar-refractivity contribution in [3.05, 3.63) is 23.7 Å². The number of nitrogens with two attached hydrogens (primary N) is 1. The molecule has 1 aromatic rings. The Labute approximate surface area is 107 Å². The number of amides is 1. The van der Waals surface area contributed by atoms with Gasteiger partial charge in [0.05, 0.1) is 12.3 Å². The van der Waals surface area contributed by atoms with Gasteiger partial charge in [-0.15, -0.1) is 0 Å². The summed E-state index contributed by atoms with van der Waals surface area (Å²) in [6, 6.07) is 2.09. The van der Waals surface area contributed by atoms with Gasteiger partial charge in [0.1, 0.15) is 5.76 Å². The third-order valence-corrected chi connectivity index (χ3v) is 4.25. The van der Waals surface area contributed by atoms with Crippen molar-refractivity contribution in [1.29, 1.82) is 0 Å². The molecule has 4 nitrogen and oxygen atoms in total. The van der Waals surface area contributed by atoms with E-state index in [9.17, 15) is 4.79 Å². The molecule has 0 radical (unpaired) electrons. The van der Waals surface area contributed by atoms with Crippen LogP contribution in [0.4, 0.5) is 0 Å². The Hall–Kier alpha value is -1.29. The van der Waals surface area contributed by atoms with Gasteiger partial charge in [-0.3, -0.25) is 4.79 Å². The van der Waals surface area contributed by atoms with E-state index in [1.54, 1.807) is 6.26 Å². The molecule has 3 N–H and O–H groups in total. The normalized spacial score (nSPS) is 25.1. The predicted octanol–water partition coefficient (Wildman–Crippen LogP) is 2.04. The SMILES string of the molecule is NC1(CC(=O)NC2CCCc3occc32)CCC1. The van der Waals surface area contributed by atoms with E-state index < -0.39 is 0 Å². The number of furan rings is 1. The van der Waals surface area contributed by atoms with Gasteiger partial charge in [-0.1, -0.05) is 0 Å². The van der Waals surface area contributed by atoms with Crippen molar-refractivity contribution in [3.8, 4) is 0 Å². The summed E-state index contributed by atoms with van der Waals surface area (Å²) in [5.41, 5.74) is 7.01. The molecule has 2 aliphatic rings. The smallest absolute Gasteiger partial charge is 0.222 e. The monoisotopic (exact) mass is 248 g/mol. The number of rotatable bonds is 3. The molecule has 1 atom stereocenters. The molecule has 1 aromatic heterocycles. The molecule has 4 heteroatoms. The number of carbonyl (C=O) groups excluding carboxylic acids is 1. The summed E-state index contributed by atoms with van der Waals surface area (Å²) in [6.07, 6.45) is 8.32. The Kier molecular flexibility index (Phi) is 2.90. The highest BCUT2D eigenvalue weighted by Crippen LogP contribution is 2.33. The fourth-order valence-electron chi connectivity index (χ4n) is 3.01. The molecule has 0 bridgehead atoms. The van der Waals surface area contributed by atoms with Crippen molar-refractivity contribution < 1.29 is 9.21 Å². The summed E-state index contributed by atoms with van der Waals surface area (Å²) >= 11 is 0. The van der Waals surface area contributed by atoms with E-state index >= 15 is 0 Å². The Balaban J connectivity index is 1.62. The Morgan fingerprint density at radius 2 is 2.33 bits per heavy atom. The predicted molar refractivity (Wildman–Crippen MR) is 67.9 cm³/mol. The van der Waals surface area contributed by atoms with E-state index in [0.29, 0.717) is 6.42 Å². The van der Waals surface area contributed by atoms with Gasteiger partial charge in [-0.25, -0.2) is 0 Å². The second-order valence-electron chi connectivity index (χ2n) is 5.70. The molecular weight excluding hydrogens is 228 g/mol. The molecule has 1 heterocycles. The van der Waals surface area contributed by atoms with Crippen molar-refractivity contribution in [1.82, 2.24) is 5.32 Å². The summed E-state index contributed by atoms with van der Waals surface area (Å²) in [6.45, 7) is 0. The topological polar surface area (TPSA) is 68.3 Å². The Bertz CT molecular complexity index is 448. The largest absolute Gasteiger partial charge is 0.469 e. The number of carbonyl (C=O) groups is 1. The van der Waals surface area contributed by atoms with Gasteiger partial charge >= 0.3 is 0 Å². The molecule has 0 aromatic carbocycles. The first kappa shape index (κ1) is 11.8. The summed E-state index contributed by atoms with van der Waals surface area (Å²) in [5, 5.41) is 3.11. The van der Waals surface area contributed by atoms with E-state index in [4.69, 9.17) is 10.2 Å². The minimum atomic E-state index is -0.238. The van der Waals surface area contributed by atoms with Crippen LogP contribution in [0.1, 0.15) is 55.9 Å². The zero-order valence-corrected chi connectivity index (χ0v) is 10.6. The fraction of sp³-hybridized carbons (Fsp3) is 0.643. The van der Waals surface area contributed by atoms with Crippen LogP contribution in [0, 0.1) is 0 Å². The molecule has 18 heavy (non-hydrogen) atoms. The van der Waals surface area contributed by atoms with Crippen LogP contribution in [-0.2, 0) is 11.2 Å². The molecule has 1 unspecified atom stereocenters. The van der Waals surface area contributed by atoms with Gasteiger partial charge < -0.3 is 15.5 Å². The maximum absolute atomic E-state index is 12.0. The van der Waals surface area contributed by atoms with Crippen molar-refractivity contribution in [2.45, 2.75) is 56.5 Å². The van der Waals surface area contributed by atoms with E-state index in [2.05, 4.69) is 5.32 Å². The van der Waals surface area contributed by atoms with Gasteiger partial charge in [-0.2, -0.15) is 0 Å². The lowest BCUT2D eigenvalue weighted by atomic mass is 9.75. The van der Waals surface area contributed by atoms with Crippen molar-refractivity contribution >= 4 is 5.91 Å². The number of fused-ring (bicyclic) bond motifs is 1. The van der Waals surface area contributed by atoms with Crippen molar-refractivity contribution in [2.75, 3.05) is 0 Å². The number of nitrogens with one attached hydrogen (secondary N) is 1. The third-order valence-electron chi connectivity index (χ3n) is 4.25. The number of hydrogen-bond donors (Lipinski definition) is 2. The minimum absolute atomic E-state index is 0.0799. The van der Waals surface area contributed by atoms with Crippen LogP contribution in [0.3, 0.4) is 0 Å². The molecular formula is C14H20N2O2. The molecule has 1 fully saturated rings. The quantitative estimate of drug-likeness (QED) is 0.860. The van der Waals surface area contributed by atoms with Crippen molar-refractivity contribution in [2.24, 2.45) is 5.73 Å². The van der Waals surface area contributed by atoms with Crippen LogP contribution in [0.15, 0.2) is 16.7 Å². The standard InChI is InChI=1S/C14H20N2O2/c15-14(6-2-7-14)9-13(17)16-11-3-1-4-12-10(11)5-8-18-12/h5,8,11H,1-4,6-7,9,15H2,(H,16,17). The van der Waals surface area contributed by atoms with E-state index in [1.165, 1.54) is 0 Å². The lowest BCUT2D eigenvalue weighted by molar-refractivity contribution is -0.123.